The Morgan fingerprint density at radius 3 is 2.27 bits per heavy atom. The molecule has 2 atom stereocenters. The van der Waals surface area contributed by atoms with Crippen LogP contribution in [0.5, 0.6) is 0 Å². The molecule has 0 amide bonds. The SMILES string of the molecule is CN=C(NCCS(=O)Cc1ccccc1)NCC(C)c1ccccc1.I. The molecular formula is C20H28IN3OS. The Bertz CT molecular complexity index is 680. The molecule has 2 aromatic carbocycles. The molecular weight excluding hydrogens is 457 g/mol. The third-order valence-corrected chi connectivity index (χ3v) is 5.28. The summed E-state index contributed by atoms with van der Waals surface area (Å²) in [5, 5.41) is 6.57. The first kappa shape index (κ1) is 22.6. The van der Waals surface area contributed by atoms with Crippen LogP contribution in [0.25, 0.3) is 0 Å². The van der Waals surface area contributed by atoms with Crippen molar-refractivity contribution in [3.63, 3.8) is 0 Å². The highest BCUT2D eigenvalue weighted by molar-refractivity contribution is 14.0. The quantitative estimate of drug-likeness (QED) is 0.342. The average molecular weight is 485 g/mol. The fourth-order valence-electron chi connectivity index (χ4n) is 2.49. The summed E-state index contributed by atoms with van der Waals surface area (Å²) < 4.78 is 12.1. The van der Waals surface area contributed by atoms with E-state index in [-0.39, 0.29) is 24.0 Å². The number of rotatable bonds is 8. The molecule has 0 heterocycles. The smallest absolute Gasteiger partial charge is 0.191 e. The lowest BCUT2D eigenvalue weighted by atomic mass is 10.0. The number of nitrogens with one attached hydrogen (secondary N) is 2. The Morgan fingerprint density at radius 1 is 1.04 bits per heavy atom. The minimum absolute atomic E-state index is 0. The van der Waals surface area contributed by atoms with Crippen LogP contribution in [0.1, 0.15) is 24.0 Å². The van der Waals surface area contributed by atoms with E-state index in [2.05, 4.69) is 46.8 Å². The Hall–Kier alpha value is -1.41. The molecule has 0 bridgehead atoms. The standard InChI is InChI=1S/C20H27N3OS.HI/c1-17(19-11-7-4-8-12-19)15-23-20(21-2)22-13-14-25(24)16-18-9-5-3-6-10-18;/h3-12,17H,13-16H2,1-2H3,(H2,21,22,23);1H. The lowest BCUT2D eigenvalue weighted by molar-refractivity contribution is 0.679. The molecule has 6 heteroatoms. The molecule has 0 aromatic heterocycles. The summed E-state index contributed by atoms with van der Waals surface area (Å²) in [4.78, 5) is 4.23. The van der Waals surface area contributed by atoms with E-state index in [1.165, 1.54) is 5.56 Å². The van der Waals surface area contributed by atoms with Gasteiger partial charge in [0, 0.05) is 42.4 Å². The van der Waals surface area contributed by atoms with Crippen LogP contribution in [-0.2, 0) is 16.6 Å². The number of aliphatic imine (C=N–C) groups is 1. The van der Waals surface area contributed by atoms with E-state index in [0.717, 1.165) is 18.1 Å². The number of nitrogens with zero attached hydrogens (tertiary/aromatic N) is 1. The van der Waals surface area contributed by atoms with Crippen molar-refractivity contribution in [2.24, 2.45) is 4.99 Å². The van der Waals surface area contributed by atoms with Gasteiger partial charge in [0.15, 0.2) is 5.96 Å². The second kappa shape index (κ2) is 12.9. The van der Waals surface area contributed by atoms with Crippen LogP contribution in [0, 0.1) is 0 Å². The van der Waals surface area contributed by atoms with Gasteiger partial charge in [0.05, 0.1) is 0 Å². The molecule has 2 aromatic rings. The second-order valence-corrected chi connectivity index (χ2v) is 7.54. The molecule has 0 aliphatic carbocycles. The molecule has 26 heavy (non-hydrogen) atoms. The molecule has 2 N–H and O–H groups in total. The maximum absolute atomic E-state index is 12.1. The molecule has 0 saturated heterocycles. The summed E-state index contributed by atoms with van der Waals surface area (Å²) in [5.74, 6) is 2.34. The average Bonchev–Trinajstić information content (AvgIpc) is 2.65. The summed E-state index contributed by atoms with van der Waals surface area (Å²) in [6.45, 7) is 3.63. The van der Waals surface area contributed by atoms with E-state index in [0.29, 0.717) is 24.0 Å². The summed E-state index contributed by atoms with van der Waals surface area (Å²) in [6.07, 6.45) is 0. The molecule has 0 fully saturated rings. The molecule has 0 aliphatic heterocycles. The minimum Gasteiger partial charge on any atom is -0.356 e. The summed E-state index contributed by atoms with van der Waals surface area (Å²) in [5.41, 5.74) is 2.41. The first-order valence-electron chi connectivity index (χ1n) is 8.57. The summed E-state index contributed by atoms with van der Waals surface area (Å²) in [7, 11) is 0.876. The van der Waals surface area contributed by atoms with E-state index >= 15 is 0 Å². The molecule has 0 aliphatic rings. The highest BCUT2D eigenvalue weighted by atomic mass is 127. The van der Waals surface area contributed by atoms with Crippen LogP contribution in [-0.4, -0.2) is 36.1 Å². The number of halogens is 1. The number of hydrogen-bond donors (Lipinski definition) is 2. The van der Waals surface area contributed by atoms with Gasteiger partial charge in [0.2, 0.25) is 0 Å². The largest absolute Gasteiger partial charge is 0.356 e. The van der Waals surface area contributed by atoms with Crippen molar-refractivity contribution in [1.82, 2.24) is 10.6 Å². The number of hydrogen-bond acceptors (Lipinski definition) is 2. The third-order valence-electron chi connectivity index (χ3n) is 3.96. The Kier molecular flexibility index (Phi) is 11.2. The lowest BCUT2D eigenvalue weighted by Gasteiger charge is -2.16. The predicted molar refractivity (Wildman–Crippen MR) is 123 cm³/mol. The van der Waals surface area contributed by atoms with Crippen LogP contribution in [0.3, 0.4) is 0 Å². The zero-order valence-electron chi connectivity index (χ0n) is 15.4. The fraction of sp³-hybridized carbons (Fsp3) is 0.350. The van der Waals surface area contributed by atoms with Crippen molar-refractivity contribution in [3.8, 4) is 0 Å². The van der Waals surface area contributed by atoms with Crippen molar-refractivity contribution in [3.05, 3.63) is 71.8 Å². The van der Waals surface area contributed by atoms with Crippen molar-refractivity contribution >= 4 is 40.7 Å². The van der Waals surface area contributed by atoms with Crippen molar-refractivity contribution < 1.29 is 4.21 Å². The minimum atomic E-state index is -0.877. The van der Waals surface area contributed by atoms with E-state index in [1.807, 2.05) is 36.4 Å². The van der Waals surface area contributed by atoms with Crippen LogP contribution in [0.15, 0.2) is 65.7 Å². The maximum atomic E-state index is 12.1. The molecule has 142 valence electrons. The van der Waals surface area contributed by atoms with E-state index in [4.69, 9.17) is 0 Å². The van der Waals surface area contributed by atoms with Crippen molar-refractivity contribution in [1.29, 1.82) is 0 Å². The number of guanidine groups is 1. The van der Waals surface area contributed by atoms with Gasteiger partial charge < -0.3 is 10.6 Å². The van der Waals surface area contributed by atoms with Crippen LogP contribution in [0.4, 0.5) is 0 Å². The molecule has 2 rings (SSSR count). The topological polar surface area (TPSA) is 53.5 Å². The Labute approximate surface area is 176 Å². The van der Waals surface area contributed by atoms with Gasteiger partial charge in [-0.2, -0.15) is 0 Å². The highest BCUT2D eigenvalue weighted by Gasteiger charge is 2.07. The van der Waals surface area contributed by atoms with Gasteiger partial charge in [-0.15, -0.1) is 24.0 Å². The third kappa shape index (κ3) is 8.31. The second-order valence-electron chi connectivity index (χ2n) is 5.97. The van der Waals surface area contributed by atoms with E-state index < -0.39 is 10.8 Å². The maximum Gasteiger partial charge on any atom is 0.191 e. The fourth-order valence-corrected chi connectivity index (χ4v) is 3.52. The van der Waals surface area contributed by atoms with E-state index in [1.54, 1.807) is 7.05 Å². The molecule has 4 nitrogen and oxygen atoms in total. The highest BCUT2D eigenvalue weighted by Crippen LogP contribution is 2.12. The van der Waals surface area contributed by atoms with Gasteiger partial charge in [-0.05, 0) is 17.0 Å². The molecule has 0 spiro atoms. The predicted octanol–water partition coefficient (Wildman–Crippen LogP) is 3.52. The number of benzene rings is 2. The monoisotopic (exact) mass is 485 g/mol. The Morgan fingerprint density at radius 2 is 1.65 bits per heavy atom. The van der Waals surface area contributed by atoms with Crippen molar-refractivity contribution in [2.75, 3.05) is 25.9 Å². The molecule has 2 unspecified atom stereocenters. The lowest BCUT2D eigenvalue weighted by Crippen LogP contribution is -2.40. The first-order valence-corrected chi connectivity index (χ1v) is 10.1. The van der Waals surface area contributed by atoms with Crippen molar-refractivity contribution in [2.45, 2.75) is 18.6 Å². The zero-order chi connectivity index (χ0) is 17.9. The van der Waals surface area contributed by atoms with Gasteiger partial charge in [-0.25, -0.2) is 0 Å². The van der Waals surface area contributed by atoms with Gasteiger partial charge >= 0.3 is 0 Å². The van der Waals surface area contributed by atoms with Crippen LogP contribution < -0.4 is 10.6 Å². The van der Waals surface area contributed by atoms with Crippen LogP contribution in [0.2, 0.25) is 0 Å². The Balaban J connectivity index is 0.00000338. The summed E-state index contributed by atoms with van der Waals surface area (Å²) >= 11 is 0. The van der Waals surface area contributed by atoms with Crippen LogP contribution >= 0.6 is 24.0 Å². The van der Waals surface area contributed by atoms with Gasteiger partial charge in [-0.3, -0.25) is 9.20 Å². The molecule has 0 radical (unpaired) electrons. The molecule has 0 saturated carbocycles. The van der Waals surface area contributed by atoms with Gasteiger partial charge in [-0.1, -0.05) is 67.6 Å². The summed E-state index contributed by atoms with van der Waals surface area (Å²) in [6, 6.07) is 20.4. The van der Waals surface area contributed by atoms with Gasteiger partial charge in [0.25, 0.3) is 0 Å². The van der Waals surface area contributed by atoms with Gasteiger partial charge in [0.1, 0.15) is 0 Å². The van der Waals surface area contributed by atoms with E-state index in [9.17, 15) is 4.21 Å². The zero-order valence-corrected chi connectivity index (χ0v) is 18.5. The first-order chi connectivity index (χ1) is 12.2. The normalized spacial score (nSPS) is 13.4.